The molecule has 126 valence electrons. The monoisotopic (exact) mass is 353 g/mol. The number of nitriles is 1. The highest BCUT2D eigenvalue weighted by molar-refractivity contribution is 7.09. The number of nitrogens with zero attached hydrogens (tertiary/aromatic N) is 2. The summed E-state index contributed by atoms with van der Waals surface area (Å²) < 4.78 is 11.1. The third kappa shape index (κ3) is 4.46. The van der Waals surface area contributed by atoms with Crippen molar-refractivity contribution in [2.24, 2.45) is 0 Å². The Morgan fingerprint density at radius 3 is 2.80 bits per heavy atom. The molecule has 0 spiro atoms. The van der Waals surface area contributed by atoms with E-state index in [-0.39, 0.29) is 19.1 Å². The molecule has 3 rings (SSSR count). The van der Waals surface area contributed by atoms with Crippen molar-refractivity contribution in [1.82, 2.24) is 10.3 Å². The van der Waals surface area contributed by atoms with Gasteiger partial charge in [-0.2, -0.15) is 5.26 Å². The predicted molar refractivity (Wildman–Crippen MR) is 93.1 cm³/mol. The first-order valence-corrected chi connectivity index (χ1v) is 8.43. The van der Waals surface area contributed by atoms with Crippen LogP contribution in [0.2, 0.25) is 0 Å². The Morgan fingerprint density at radius 2 is 2.12 bits per heavy atom. The standard InChI is InChI=1S/C18H15N3O3S/c1-12-21-16(11-25-12)17-7-6-15(24-17)9-20-18(22)10-23-14-4-2-13(8-19)3-5-14/h2-7,11H,9-10H2,1H3,(H,20,22). The Balaban J connectivity index is 1.47. The van der Waals surface area contributed by atoms with Crippen LogP contribution >= 0.6 is 11.3 Å². The molecule has 7 heteroatoms. The second-order valence-electron chi connectivity index (χ2n) is 5.22. The summed E-state index contributed by atoms with van der Waals surface area (Å²) in [5.74, 6) is 1.61. The van der Waals surface area contributed by atoms with E-state index in [4.69, 9.17) is 14.4 Å². The summed E-state index contributed by atoms with van der Waals surface area (Å²) in [7, 11) is 0. The molecule has 6 nitrogen and oxygen atoms in total. The number of carbonyl (C=O) groups excluding carboxylic acids is 1. The Labute approximate surface area is 148 Å². The molecule has 25 heavy (non-hydrogen) atoms. The Kier molecular flexibility index (Phi) is 5.11. The maximum Gasteiger partial charge on any atom is 0.258 e. The third-order valence-electron chi connectivity index (χ3n) is 3.35. The molecular formula is C18H15N3O3S. The Morgan fingerprint density at radius 1 is 1.32 bits per heavy atom. The van der Waals surface area contributed by atoms with Gasteiger partial charge >= 0.3 is 0 Å². The second-order valence-corrected chi connectivity index (χ2v) is 6.28. The fraction of sp³-hybridized carbons (Fsp3) is 0.167. The molecule has 0 aliphatic carbocycles. The van der Waals surface area contributed by atoms with Gasteiger partial charge in [-0.15, -0.1) is 11.3 Å². The third-order valence-corrected chi connectivity index (χ3v) is 4.12. The maximum absolute atomic E-state index is 11.9. The molecule has 3 aromatic rings. The number of nitrogens with one attached hydrogen (secondary N) is 1. The molecule has 1 amide bonds. The van der Waals surface area contributed by atoms with Crippen molar-refractivity contribution < 1.29 is 13.9 Å². The second kappa shape index (κ2) is 7.64. The lowest BCUT2D eigenvalue weighted by atomic mass is 10.2. The highest BCUT2D eigenvalue weighted by Gasteiger charge is 2.09. The van der Waals surface area contributed by atoms with Crippen LogP contribution in [0, 0.1) is 18.3 Å². The number of hydrogen-bond donors (Lipinski definition) is 1. The Bertz CT molecular complexity index is 906. The zero-order valence-corrected chi connectivity index (χ0v) is 14.3. The van der Waals surface area contributed by atoms with E-state index in [2.05, 4.69) is 10.3 Å². The van der Waals surface area contributed by atoms with Gasteiger partial charge in [0.15, 0.2) is 12.4 Å². The van der Waals surface area contributed by atoms with Gasteiger partial charge in [-0.3, -0.25) is 4.79 Å². The average Bonchev–Trinajstić information content (AvgIpc) is 3.27. The minimum atomic E-state index is -0.258. The fourth-order valence-corrected chi connectivity index (χ4v) is 2.70. The van der Waals surface area contributed by atoms with Crippen molar-refractivity contribution in [3.63, 3.8) is 0 Å². The van der Waals surface area contributed by atoms with Gasteiger partial charge in [0.1, 0.15) is 17.2 Å². The van der Waals surface area contributed by atoms with E-state index in [0.29, 0.717) is 22.8 Å². The first kappa shape index (κ1) is 16.7. The van der Waals surface area contributed by atoms with Gasteiger partial charge in [-0.05, 0) is 43.3 Å². The van der Waals surface area contributed by atoms with Crippen LogP contribution in [0.1, 0.15) is 16.3 Å². The van der Waals surface area contributed by atoms with Gasteiger partial charge in [0.2, 0.25) is 0 Å². The molecule has 2 aromatic heterocycles. The van der Waals surface area contributed by atoms with Gasteiger partial charge in [-0.1, -0.05) is 0 Å². The highest BCUT2D eigenvalue weighted by Crippen LogP contribution is 2.23. The summed E-state index contributed by atoms with van der Waals surface area (Å²) >= 11 is 1.56. The largest absolute Gasteiger partial charge is 0.484 e. The normalized spacial score (nSPS) is 10.2. The molecular weight excluding hydrogens is 338 g/mol. The van der Waals surface area contributed by atoms with Crippen molar-refractivity contribution in [1.29, 1.82) is 5.26 Å². The van der Waals surface area contributed by atoms with Crippen LogP contribution < -0.4 is 10.1 Å². The number of hydrogen-bond acceptors (Lipinski definition) is 6. The molecule has 0 atom stereocenters. The van der Waals surface area contributed by atoms with Crippen LogP contribution in [0.3, 0.4) is 0 Å². The summed E-state index contributed by atoms with van der Waals surface area (Å²) in [4.78, 5) is 16.2. The quantitative estimate of drug-likeness (QED) is 0.735. The van der Waals surface area contributed by atoms with Crippen LogP contribution in [-0.4, -0.2) is 17.5 Å². The number of ether oxygens (including phenoxy) is 1. The molecule has 0 bridgehead atoms. The minimum absolute atomic E-state index is 0.106. The minimum Gasteiger partial charge on any atom is -0.484 e. The lowest BCUT2D eigenvalue weighted by Gasteiger charge is -2.06. The first-order valence-electron chi connectivity index (χ1n) is 7.55. The van der Waals surface area contributed by atoms with E-state index in [1.165, 1.54) is 0 Å². The summed E-state index contributed by atoms with van der Waals surface area (Å²) in [6.07, 6.45) is 0. The molecule has 0 fully saturated rings. The number of carbonyl (C=O) groups is 1. The van der Waals surface area contributed by atoms with Crippen molar-refractivity contribution in [2.45, 2.75) is 13.5 Å². The van der Waals surface area contributed by atoms with E-state index in [1.807, 2.05) is 30.5 Å². The SMILES string of the molecule is Cc1nc(-c2ccc(CNC(=O)COc3ccc(C#N)cc3)o2)cs1. The number of furan rings is 1. The van der Waals surface area contributed by atoms with Gasteiger partial charge in [0.05, 0.1) is 23.2 Å². The van der Waals surface area contributed by atoms with E-state index in [1.54, 1.807) is 35.6 Å². The fourth-order valence-electron chi connectivity index (χ4n) is 2.10. The molecule has 0 aliphatic heterocycles. The number of benzene rings is 1. The van der Waals surface area contributed by atoms with Crippen LogP contribution in [0.15, 0.2) is 46.2 Å². The molecule has 1 aromatic carbocycles. The molecule has 0 saturated heterocycles. The lowest BCUT2D eigenvalue weighted by Crippen LogP contribution is -2.28. The van der Waals surface area contributed by atoms with E-state index in [9.17, 15) is 4.79 Å². The van der Waals surface area contributed by atoms with Crippen molar-refractivity contribution in [3.05, 3.63) is 58.1 Å². The molecule has 0 aliphatic rings. The van der Waals surface area contributed by atoms with E-state index >= 15 is 0 Å². The number of aryl methyl sites for hydroxylation is 1. The number of amides is 1. The summed E-state index contributed by atoms with van der Waals surface area (Å²) in [6.45, 7) is 2.11. The van der Waals surface area contributed by atoms with E-state index in [0.717, 1.165) is 10.7 Å². The van der Waals surface area contributed by atoms with Crippen LogP contribution in [0.5, 0.6) is 5.75 Å². The maximum atomic E-state index is 11.9. The van der Waals surface area contributed by atoms with Gasteiger partial charge < -0.3 is 14.5 Å². The van der Waals surface area contributed by atoms with Crippen molar-refractivity contribution in [3.8, 4) is 23.3 Å². The molecule has 0 saturated carbocycles. The molecule has 1 N–H and O–H groups in total. The van der Waals surface area contributed by atoms with E-state index < -0.39 is 0 Å². The Hall–Kier alpha value is -3.11. The number of thiazole rings is 1. The smallest absolute Gasteiger partial charge is 0.258 e. The van der Waals surface area contributed by atoms with Crippen molar-refractivity contribution in [2.75, 3.05) is 6.61 Å². The molecule has 2 heterocycles. The van der Waals surface area contributed by atoms with Crippen LogP contribution in [0.4, 0.5) is 0 Å². The van der Waals surface area contributed by atoms with Crippen LogP contribution in [-0.2, 0) is 11.3 Å². The summed E-state index contributed by atoms with van der Waals surface area (Å²) in [5.41, 5.74) is 1.34. The summed E-state index contributed by atoms with van der Waals surface area (Å²) in [5, 5.41) is 14.4. The number of aromatic nitrogens is 1. The molecule has 0 unspecified atom stereocenters. The van der Waals surface area contributed by atoms with Gasteiger partial charge in [-0.25, -0.2) is 4.98 Å². The zero-order chi connectivity index (χ0) is 17.6. The predicted octanol–water partition coefficient (Wildman–Crippen LogP) is 3.28. The zero-order valence-electron chi connectivity index (χ0n) is 13.5. The highest BCUT2D eigenvalue weighted by atomic mass is 32.1. The number of rotatable bonds is 6. The van der Waals surface area contributed by atoms with Gasteiger partial charge in [0.25, 0.3) is 5.91 Å². The topological polar surface area (TPSA) is 88.1 Å². The lowest BCUT2D eigenvalue weighted by molar-refractivity contribution is -0.123. The van der Waals surface area contributed by atoms with Crippen LogP contribution in [0.25, 0.3) is 11.5 Å². The average molecular weight is 353 g/mol. The van der Waals surface area contributed by atoms with Crippen molar-refractivity contribution >= 4 is 17.2 Å². The molecule has 0 radical (unpaired) electrons. The first-order chi connectivity index (χ1) is 12.1. The van der Waals surface area contributed by atoms with Gasteiger partial charge in [0, 0.05) is 5.38 Å². The summed E-state index contributed by atoms with van der Waals surface area (Å²) in [6, 6.07) is 12.3.